The third-order valence-electron chi connectivity index (χ3n) is 2.31. The van der Waals surface area contributed by atoms with E-state index in [2.05, 4.69) is 5.32 Å². The molecule has 0 spiro atoms. The molecule has 5 heteroatoms. The Hall–Kier alpha value is -0.970. The smallest absolute Gasteiger partial charge is 0.179 e. The second-order valence-corrected chi connectivity index (χ2v) is 3.97. The summed E-state index contributed by atoms with van der Waals surface area (Å²) in [5, 5.41) is 3.80. The van der Waals surface area contributed by atoms with Gasteiger partial charge in [0, 0.05) is 19.6 Å². The molecule has 0 amide bonds. The Labute approximate surface area is 99.7 Å². The lowest BCUT2D eigenvalue weighted by molar-refractivity contribution is 0.171. The molecule has 1 aromatic rings. The molecule has 0 saturated heterocycles. The molecule has 0 saturated carbocycles. The third-order valence-corrected chi connectivity index (χ3v) is 2.59. The minimum absolute atomic E-state index is 0.553. The van der Waals surface area contributed by atoms with Crippen LogP contribution < -0.4 is 20.5 Å². The maximum absolute atomic E-state index is 6.10. The van der Waals surface area contributed by atoms with Crippen LogP contribution in [-0.4, -0.2) is 26.3 Å². The molecule has 3 N–H and O–H groups in total. The molecule has 0 unspecified atom stereocenters. The third kappa shape index (κ3) is 2.58. The van der Waals surface area contributed by atoms with Crippen molar-refractivity contribution in [3.8, 4) is 11.5 Å². The van der Waals surface area contributed by atoms with Crippen LogP contribution in [0.25, 0.3) is 0 Å². The fraction of sp³-hybridized carbons (Fsp3) is 0.455. The van der Waals surface area contributed by atoms with Crippen LogP contribution in [0, 0.1) is 0 Å². The van der Waals surface area contributed by atoms with Gasteiger partial charge >= 0.3 is 0 Å². The average molecular weight is 243 g/mol. The summed E-state index contributed by atoms with van der Waals surface area (Å²) >= 11 is 6.10. The highest BCUT2D eigenvalue weighted by molar-refractivity contribution is 6.32. The number of benzene rings is 1. The summed E-state index contributed by atoms with van der Waals surface area (Å²) in [4.78, 5) is 0. The van der Waals surface area contributed by atoms with E-state index in [9.17, 15) is 0 Å². The Balaban J connectivity index is 2.12. The van der Waals surface area contributed by atoms with Crippen molar-refractivity contribution in [3.05, 3.63) is 22.7 Å². The van der Waals surface area contributed by atoms with Crippen LogP contribution in [-0.2, 0) is 6.54 Å². The Morgan fingerprint density at radius 1 is 1.31 bits per heavy atom. The minimum atomic E-state index is 0.553. The highest BCUT2D eigenvalue weighted by atomic mass is 35.5. The fourth-order valence-electron chi connectivity index (χ4n) is 1.60. The second-order valence-electron chi connectivity index (χ2n) is 3.57. The highest BCUT2D eigenvalue weighted by Gasteiger charge is 2.16. The lowest BCUT2D eigenvalue weighted by atomic mass is 10.2. The summed E-state index contributed by atoms with van der Waals surface area (Å²) in [7, 11) is 0. The van der Waals surface area contributed by atoms with Crippen molar-refractivity contribution in [2.75, 3.05) is 26.3 Å². The molecule has 16 heavy (non-hydrogen) atoms. The first-order valence-electron chi connectivity index (χ1n) is 5.30. The van der Waals surface area contributed by atoms with E-state index in [0.717, 1.165) is 24.4 Å². The molecule has 1 aliphatic rings. The molecular formula is C11H15ClN2O2. The quantitative estimate of drug-likeness (QED) is 0.778. The van der Waals surface area contributed by atoms with Crippen LogP contribution >= 0.6 is 11.6 Å². The van der Waals surface area contributed by atoms with E-state index in [1.54, 1.807) is 0 Å². The van der Waals surface area contributed by atoms with Gasteiger partial charge in [0.25, 0.3) is 0 Å². The van der Waals surface area contributed by atoms with Crippen LogP contribution in [0.3, 0.4) is 0 Å². The molecule has 4 nitrogen and oxygen atoms in total. The predicted molar refractivity (Wildman–Crippen MR) is 63.2 cm³/mol. The Kier molecular flexibility index (Phi) is 3.88. The number of halogens is 1. The Morgan fingerprint density at radius 3 is 2.94 bits per heavy atom. The number of ether oxygens (including phenoxy) is 2. The van der Waals surface area contributed by atoms with Gasteiger partial charge in [-0.2, -0.15) is 0 Å². The van der Waals surface area contributed by atoms with E-state index in [1.165, 1.54) is 0 Å². The molecular weight excluding hydrogens is 228 g/mol. The van der Waals surface area contributed by atoms with E-state index < -0.39 is 0 Å². The summed E-state index contributed by atoms with van der Waals surface area (Å²) in [6.07, 6.45) is 0. The second kappa shape index (κ2) is 5.39. The molecule has 1 heterocycles. The monoisotopic (exact) mass is 242 g/mol. The van der Waals surface area contributed by atoms with Crippen molar-refractivity contribution in [1.82, 2.24) is 5.32 Å². The van der Waals surface area contributed by atoms with Gasteiger partial charge < -0.3 is 20.5 Å². The first-order chi connectivity index (χ1) is 7.81. The largest absolute Gasteiger partial charge is 0.486 e. The Morgan fingerprint density at radius 2 is 2.12 bits per heavy atom. The van der Waals surface area contributed by atoms with Crippen molar-refractivity contribution >= 4 is 11.6 Å². The van der Waals surface area contributed by atoms with Gasteiger partial charge in [0.05, 0.1) is 5.02 Å². The summed E-state index contributed by atoms with van der Waals surface area (Å²) in [5.74, 6) is 1.37. The zero-order chi connectivity index (χ0) is 11.4. The molecule has 88 valence electrons. The number of rotatable bonds is 4. The number of hydrogen-bond donors (Lipinski definition) is 2. The number of hydrogen-bond acceptors (Lipinski definition) is 4. The average Bonchev–Trinajstić information content (AvgIpc) is 2.30. The van der Waals surface area contributed by atoms with Crippen LogP contribution in [0.2, 0.25) is 5.02 Å². The molecule has 0 aliphatic carbocycles. The Bertz CT molecular complexity index is 371. The predicted octanol–water partition coefficient (Wildman–Crippen LogP) is 1.16. The standard InChI is InChI=1S/C11H15ClN2O2/c12-9-5-8(7-14-2-1-13)6-10-11(9)16-4-3-15-10/h5-6,14H,1-4,7,13H2. The van der Waals surface area contributed by atoms with E-state index in [0.29, 0.717) is 30.5 Å². The zero-order valence-electron chi connectivity index (χ0n) is 8.96. The van der Waals surface area contributed by atoms with Crippen molar-refractivity contribution in [1.29, 1.82) is 0 Å². The van der Waals surface area contributed by atoms with E-state index in [4.69, 9.17) is 26.8 Å². The molecule has 0 bridgehead atoms. The summed E-state index contributed by atoms with van der Waals surface area (Å²) in [6.45, 7) is 3.26. The van der Waals surface area contributed by atoms with Gasteiger partial charge in [-0.15, -0.1) is 0 Å². The highest BCUT2D eigenvalue weighted by Crippen LogP contribution is 2.38. The molecule has 0 radical (unpaired) electrons. The van der Waals surface area contributed by atoms with Crippen LogP contribution in [0.4, 0.5) is 0 Å². The van der Waals surface area contributed by atoms with E-state index >= 15 is 0 Å². The van der Waals surface area contributed by atoms with Gasteiger partial charge in [0.2, 0.25) is 0 Å². The summed E-state index contributed by atoms with van der Waals surface area (Å²) < 4.78 is 10.9. The van der Waals surface area contributed by atoms with Crippen LogP contribution in [0.5, 0.6) is 11.5 Å². The lowest BCUT2D eigenvalue weighted by Crippen LogP contribution is -2.22. The van der Waals surface area contributed by atoms with Gasteiger partial charge in [-0.3, -0.25) is 0 Å². The van der Waals surface area contributed by atoms with Crippen LogP contribution in [0.1, 0.15) is 5.56 Å². The lowest BCUT2D eigenvalue weighted by Gasteiger charge is -2.20. The first-order valence-corrected chi connectivity index (χ1v) is 5.68. The van der Waals surface area contributed by atoms with Crippen molar-refractivity contribution in [2.45, 2.75) is 6.54 Å². The van der Waals surface area contributed by atoms with Crippen molar-refractivity contribution < 1.29 is 9.47 Å². The molecule has 1 aromatic carbocycles. The van der Waals surface area contributed by atoms with Crippen LogP contribution in [0.15, 0.2) is 12.1 Å². The summed E-state index contributed by atoms with van der Waals surface area (Å²) in [5.41, 5.74) is 6.47. The first kappa shape index (κ1) is 11.5. The van der Waals surface area contributed by atoms with E-state index in [1.807, 2.05) is 12.1 Å². The van der Waals surface area contributed by atoms with Gasteiger partial charge in [0.15, 0.2) is 11.5 Å². The van der Waals surface area contributed by atoms with Crippen molar-refractivity contribution in [2.24, 2.45) is 5.73 Å². The molecule has 0 fully saturated rings. The van der Waals surface area contributed by atoms with Crippen molar-refractivity contribution in [3.63, 3.8) is 0 Å². The maximum Gasteiger partial charge on any atom is 0.179 e. The molecule has 1 aliphatic heterocycles. The number of nitrogens with one attached hydrogen (secondary N) is 1. The zero-order valence-corrected chi connectivity index (χ0v) is 9.72. The number of fused-ring (bicyclic) bond motifs is 1. The molecule has 2 rings (SSSR count). The summed E-state index contributed by atoms with van der Waals surface area (Å²) in [6, 6.07) is 3.84. The SMILES string of the molecule is NCCNCc1cc(Cl)c2c(c1)OCCO2. The van der Waals surface area contributed by atoms with Gasteiger partial charge in [-0.25, -0.2) is 0 Å². The normalized spacial score (nSPS) is 13.9. The number of nitrogens with two attached hydrogens (primary N) is 1. The van der Waals surface area contributed by atoms with Gasteiger partial charge in [-0.05, 0) is 17.7 Å². The molecule has 0 atom stereocenters. The maximum atomic E-state index is 6.10. The van der Waals surface area contributed by atoms with Gasteiger partial charge in [0.1, 0.15) is 13.2 Å². The topological polar surface area (TPSA) is 56.5 Å². The minimum Gasteiger partial charge on any atom is -0.486 e. The van der Waals surface area contributed by atoms with E-state index in [-0.39, 0.29) is 0 Å². The fourth-order valence-corrected chi connectivity index (χ4v) is 1.89. The molecule has 0 aromatic heterocycles. The van der Waals surface area contributed by atoms with Gasteiger partial charge in [-0.1, -0.05) is 11.6 Å².